The number of hydrogen-bond donors (Lipinski definition) is 0. The Morgan fingerprint density at radius 2 is 1.95 bits per heavy atom. The molecule has 1 rings (SSSR count). The molecule has 1 atom stereocenters. The lowest BCUT2D eigenvalue weighted by molar-refractivity contribution is -0.384. The molecule has 112 valence electrons. The van der Waals surface area contributed by atoms with Crippen molar-refractivity contribution >= 4 is 27.7 Å². The Morgan fingerprint density at radius 1 is 1.43 bits per heavy atom. The van der Waals surface area contributed by atoms with Crippen LogP contribution in [0.5, 0.6) is 0 Å². The molecule has 0 amide bonds. The summed E-state index contributed by atoms with van der Waals surface area (Å²) in [7, 11) is -2.81. The number of sulfonamides is 1. The SMILES string of the molecule is C[C@@H](C(=O)C=[N+]=[N-])N(C)S(=O)(=O)c1ccc([N+](=O)[O-])cc1. The van der Waals surface area contributed by atoms with Gasteiger partial charge in [-0.05, 0) is 19.1 Å². The Labute approximate surface area is 120 Å². The van der Waals surface area contributed by atoms with E-state index in [1.54, 1.807) is 0 Å². The van der Waals surface area contributed by atoms with Crippen LogP contribution in [0.25, 0.3) is 5.53 Å². The molecule has 0 N–H and O–H groups in total. The first-order valence-electron chi connectivity index (χ1n) is 5.65. The molecule has 0 saturated carbocycles. The predicted octanol–water partition coefficient (Wildman–Crippen LogP) is 0.474. The Kier molecular flexibility index (Phi) is 5.03. The zero-order valence-corrected chi connectivity index (χ0v) is 12.0. The minimum absolute atomic E-state index is 0.184. The lowest BCUT2D eigenvalue weighted by Gasteiger charge is -2.21. The van der Waals surface area contributed by atoms with E-state index in [0.29, 0.717) is 6.21 Å². The second-order valence-electron chi connectivity index (χ2n) is 4.10. The molecule has 0 radical (unpaired) electrons. The molecule has 0 bridgehead atoms. The molecule has 0 fully saturated rings. The number of ketones is 1. The highest BCUT2D eigenvalue weighted by molar-refractivity contribution is 7.89. The van der Waals surface area contributed by atoms with Gasteiger partial charge in [-0.3, -0.25) is 14.9 Å². The van der Waals surface area contributed by atoms with Crippen molar-refractivity contribution in [2.75, 3.05) is 7.05 Å². The Hall–Kier alpha value is -2.42. The van der Waals surface area contributed by atoms with Crippen LogP contribution in [0.2, 0.25) is 0 Å². The third kappa shape index (κ3) is 3.57. The van der Waals surface area contributed by atoms with Gasteiger partial charge in [-0.15, -0.1) is 0 Å². The molecular weight excluding hydrogens is 300 g/mol. The standard InChI is InChI=1S/C11H12N4O5S/c1-8(11(16)7-13-12)14(2)21(19,20)10-5-3-9(4-6-10)15(17)18/h3-8H,1-2H3/t8-/m0/s1. The maximum Gasteiger partial charge on any atom is 0.324 e. The van der Waals surface area contributed by atoms with Crippen molar-refractivity contribution in [1.82, 2.24) is 4.31 Å². The van der Waals surface area contributed by atoms with E-state index in [-0.39, 0.29) is 10.6 Å². The van der Waals surface area contributed by atoms with E-state index < -0.39 is 26.8 Å². The van der Waals surface area contributed by atoms with Gasteiger partial charge in [0.25, 0.3) is 11.5 Å². The summed E-state index contributed by atoms with van der Waals surface area (Å²) in [5.41, 5.74) is 8.04. The van der Waals surface area contributed by atoms with Gasteiger partial charge in [0.05, 0.1) is 15.9 Å². The zero-order chi connectivity index (χ0) is 16.2. The number of nitrogens with zero attached hydrogens (tertiary/aromatic N) is 4. The number of likely N-dealkylation sites (N-methyl/N-ethyl adjacent to an activating group) is 1. The summed E-state index contributed by atoms with van der Waals surface area (Å²) >= 11 is 0. The topological polar surface area (TPSA) is 134 Å². The smallest absolute Gasteiger partial charge is 0.324 e. The molecule has 0 aliphatic rings. The van der Waals surface area contributed by atoms with Gasteiger partial charge in [-0.1, -0.05) is 0 Å². The van der Waals surface area contributed by atoms with Crippen LogP contribution in [0.1, 0.15) is 6.92 Å². The fourth-order valence-corrected chi connectivity index (χ4v) is 2.79. The minimum Gasteiger partial charge on any atom is -0.361 e. The maximum atomic E-state index is 12.3. The average molecular weight is 312 g/mol. The van der Waals surface area contributed by atoms with Gasteiger partial charge < -0.3 is 5.53 Å². The highest BCUT2D eigenvalue weighted by Gasteiger charge is 2.30. The third-order valence-electron chi connectivity index (χ3n) is 2.87. The molecule has 0 unspecified atom stereocenters. The molecular formula is C11H12N4O5S. The van der Waals surface area contributed by atoms with Gasteiger partial charge in [0, 0.05) is 19.2 Å². The van der Waals surface area contributed by atoms with Crippen molar-refractivity contribution in [3.8, 4) is 0 Å². The van der Waals surface area contributed by atoms with Crippen LogP contribution in [0.15, 0.2) is 29.2 Å². The van der Waals surface area contributed by atoms with Crippen LogP contribution >= 0.6 is 0 Å². The second kappa shape index (κ2) is 6.35. The molecule has 0 saturated heterocycles. The van der Waals surface area contributed by atoms with Crippen molar-refractivity contribution in [1.29, 1.82) is 0 Å². The van der Waals surface area contributed by atoms with Gasteiger partial charge in [0.2, 0.25) is 10.0 Å². The first kappa shape index (κ1) is 16.6. The molecule has 0 aliphatic heterocycles. The van der Waals surface area contributed by atoms with E-state index in [2.05, 4.69) is 4.79 Å². The van der Waals surface area contributed by atoms with Crippen LogP contribution in [0, 0.1) is 10.1 Å². The van der Waals surface area contributed by atoms with Crippen molar-refractivity contribution in [2.24, 2.45) is 0 Å². The van der Waals surface area contributed by atoms with Gasteiger partial charge in [-0.25, -0.2) is 8.42 Å². The average Bonchev–Trinajstić information content (AvgIpc) is 2.45. The monoisotopic (exact) mass is 312 g/mol. The second-order valence-corrected chi connectivity index (χ2v) is 6.09. The van der Waals surface area contributed by atoms with Crippen LogP contribution < -0.4 is 0 Å². The van der Waals surface area contributed by atoms with Crippen molar-refractivity contribution in [3.63, 3.8) is 0 Å². The summed E-state index contributed by atoms with van der Waals surface area (Å²) in [6.45, 7) is 1.33. The summed E-state index contributed by atoms with van der Waals surface area (Å²) in [6, 6.07) is 3.20. The summed E-state index contributed by atoms with van der Waals surface area (Å²) in [5.74, 6) is -0.703. The Bertz CT molecular complexity index is 707. The summed E-state index contributed by atoms with van der Waals surface area (Å²) in [4.78, 5) is 23.8. The van der Waals surface area contributed by atoms with Crippen molar-refractivity contribution in [2.45, 2.75) is 17.9 Å². The molecule has 1 aromatic carbocycles. The van der Waals surface area contributed by atoms with Gasteiger partial charge >= 0.3 is 6.21 Å². The van der Waals surface area contributed by atoms with E-state index in [1.807, 2.05) is 0 Å². The lowest BCUT2D eigenvalue weighted by atomic mass is 10.2. The first-order chi connectivity index (χ1) is 9.71. The number of nitro groups is 1. The van der Waals surface area contributed by atoms with E-state index >= 15 is 0 Å². The quantitative estimate of drug-likeness (QED) is 0.247. The number of benzene rings is 1. The maximum absolute atomic E-state index is 12.3. The van der Waals surface area contributed by atoms with E-state index in [1.165, 1.54) is 14.0 Å². The summed E-state index contributed by atoms with van der Waals surface area (Å²) in [5, 5.41) is 10.5. The van der Waals surface area contributed by atoms with Gasteiger partial charge in [0.15, 0.2) is 0 Å². The number of nitro benzene ring substituents is 1. The van der Waals surface area contributed by atoms with Crippen LogP contribution in [0.4, 0.5) is 5.69 Å². The van der Waals surface area contributed by atoms with Crippen molar-refractivity contribution < 1.29 is 22.9 Å². The van der Waals surface area contributed by atoms with Crippen LogP contribution in [-0.2, 0) is 14.8 Å². The van der Waals surface area contributed by atoms with Crippen LogP contribution in [-0.4, -0.2) is 47.5 Å². The Balaban J connectivity index is 3.12. The fourth-order valence-electron chi connectivity index (χ4n) is 1.46. The minimum atomic E-state index is -4.00. The van der Waals surface area contributed by atoms with E-state index in [9.17, 15) is 23.3 Å². The molecule has 0 aliphatic carbocycles. The lowest BCUT2D eigenvalue weighted by Crippen LogP contribution is -2.40. The largest absolute Gasteiger partial charge is 0.361 e. The highest BCUT2D eigenvalue weighted by Crippen LogP contribution is 2.20. The number of carbonyl (C=O) groups is 1. The molecule has 10 heteroatoms. The molecule has 1 aromatic rings. The fraction of sp³-hybridized carbons (Fsp3) is 0.273. The first-order valence-corrected chi connectivity index (χ1v) is 7.09. The van der Waals surface area contributed by atoms with E-state index in [4.69, 9.17) is 5.53 Å². The highest BCUT2D eigenvalue weighted by atomic mass is 32.2. The third-order valence-corrected chi connectivity index (χ3v) is 4.81. The van der Waals surface area contributed by atoms with Gasteiger partial charge in [0.1, 0.15) is 0 Å². The summed E-state index contributed by atoms with van der Waals surface area (Å²) in [6.07, 6.45) is 0.604. The normalized spacial score (nSPS) is 12.5. The van der Waals surface area contributed by atoms with Gasteiger partial charge in [-0.2, -0.15) is 9.10 Å². The van der Waals surface area contributed by atoms with Crippen LogP contribution in [0.3, 0.4) is 0 Å². The van der Waals surface area contributed by atoms with Crippen molar-refractivity contribution in [3.05, 3.63) is 39.9 Å². The molecule has 0 aromatic heterocycles. The Morgan fingerprint density at radius 3 is 2.38 bits per heavy atom. The molecule has 21 heavy (non-hydrogen) atoms. The molecule has 0 spiro atoms. The van der Waals surface area contributed by atoms with E-state index in [0.717, 1.165) is 28.6 Å². The molecule has 9 nitrogen and oxygen atoms in total. The number of hydrogen-bond acceptors (Lipinski definition) is 5. The summed E-state index contributed by atoms with van der Waals surface area (Å²) < 4.78 is 25.3. The number of rotatable bonds is 6. The number of Topliss-reactive ketones (excluding diaryl/α,β-unsaturated/α-hetero) is 1. The number of non-ortho nitro benzene ring substituents is 1. The zero-order valence-electron chi connectivity index (χ0n) is 11.2. The number of carbonyl (C=O) groups excluding carboxylic acids is 1. The predicted molar refractivity (Wildman–Crippen MR) is 72.2 cm³/mol. The molecule has 0 heterocycles.